The Morgan fingerprint density at radius 2 is 2.00 bits per heavy atom. The van der Waals surface area contributed by atoms with Crippen LogP contribution in [-0.4, -0.2) is 26.0 Å². The number of hydrogen-bond acceptors (Lipinski definition) is 5. The zero-order valence-electron chi connectivity index (χ0n) is 12.7. The fourth-order valence-electron chi connectivity index (χ4n) is 2.56. The average molecular weight is 338 g/mol. The maximum absolute atomic E-state index is 4.53. The van der Waals surface area contributed by atoms with E-state index in [9.17, 15) is 0 Å². The van der Waals surface area contributed by atoms with E-state index in [0.29, 0.717) is 0 Å². The number of fused-ring (bicyclic) bond motifs is 1. The summed E-state index contributed by atoms with van der Waals surface area (Å²) in [6, 6.07) is 10.6. The predicted molar refractivity (Wildman–Crippen MR) is 96.8 cm³/mol. The van der Waals surface area contributed by atoms with E-state index < -0.39 is 0 Å². The number of aryl methyl sites for hydroxylation is 1. The Bertz CT molecular complexity index is 987. The molecule has 4 rings (SSSR count). The first-order chi connectivity index (χ1) is 11.2. The SMILES string of the molecule is CSc1ccc(-c2ncnc3ccc(-c4cnn(C)c4)cc23)s1. The van der Waals surface area contributed by atoms with Crippen molar-refractivity contribution in [3.05, 3.63) is 49.1 Å². The summed E-state index contributed by atoms with van der Waals surface area (Å²) in [6.45, 7) is 0. The molecule has 1 aromatic carbocycles. The Morgan fingerprint density at radius 1 is 1.09 bits per heavy atom. The molecule has 0 aliphatic heterocycles. The van der Waals surface area contributed by atoms with E-state index in [2.05, 4.69) is 45.6 Å². The van der Waals surface area contributed by atoms with Crippen molar-refractivity contribution in [3.63, 3.8) is 0 Å². The van der Waals surface area contributed by atoms with Gasteiger partial charge in [-0.1, -0.05) is 6.07 Å². The molecule has 0 bridgehead atoms. The van der Waals surface area contributed by atoms with Crippen LogP contribution in [0.2, 0.25) is 0 Å². The molecule has 0 saturated carbocycles. The van der Waals surface area contributed by atoms with Crippen LogP contribution in [0.5, 0.6) is 0 Å². The first-order valence-corrected chi connectivity index (χ1v) is 9.17. The van der Waals surface area contributed by atoms with Crippen LogP contribution >= 0.6 is 23.1 Å². The summed E-state index contributed by atoms with van der Waals surface area (Å²) in [5.41, 5.74) is 4.18. The Balaban J connectivity index is 1.90. The summed E-state index contributed by atoms with van der Waals surface area (Å²) in [6.07, 6.45) is 7.62. The molecule has 3 heterocycles. The fraction of sp³-hybridized carbons (Fsp3) is 0.118. The van der Waals surface area contributed by atoms with Gasteiger partial charge in [0.2, 0.25) is 0 Å². The molecule has 0 aliphatic carbocycles. The number of benzene rings is 1. The number of thioether (sulfide) groups is 1. The minimum atomic E-state index is 0.960. The highest BCUT2D eigenvalue weighted by Gasteiger charge is 2.11. The van der Waals surface area contributed by atoms with Gasteiger partial charge in [0.25, 0.3) is 0 Å². The van der Waals surface area contributed by atoms with E-state index in [0.717, 1.165) is 27.7 Å². The van der Waals surface area contributed by atoms with Gasteiger partial charge in [-0.2, -0.15) is 5.10 Å². The van der Waals surface area contributed by atoms with Crippen LogP contribution in [0.15, 0.2) is 53.3 Å². The lowest BCUT2D eigenvalue weighted by molar-refractivity contribution is 0.768. The summed E-state index contributed by atoms with van der Waals surface area (Å²) >= 11 is 3.52. The van der Waals surface area contributed by atoms with Crippen LogP contribution in [0, 0.1) is 0 Å². The summed E-state index contributed by atoms with van der Waals surface area (Å²) < 4.78 is 3.10. The summed E-state index contributed by atoms with van der Waals surface area (Å²) in [4.78, 5) is 10.1. The van der Waals surface area contributed by atoms with Crippen LogP contribution in [0.3, 0.4) is 0 Å². The fourth-order valence-corrected chi connectivity index (χ4v) is 4.12. The Labute approximate surface area is 142 Å². The van der Waals surface area contributed by atoms with E-state index in [1.807, 2.05) is 30.2 Å². The van der Waals surface area contributed by atoms with Crippen molar-refractivity contribution >= 4 is 34.0 Å². The topological polar surface area (TPSA) is 43.6 Å². The van der Waals surface area contributed by atoms with Crippen molar-refractivity contribution in [1.29, 1.82) is 0 Å². The average Bonchev–Trinajstić information content (AvgIpc) is 3.22. The zero-order chi connectivity index (χ0) is 15.8. The molecule has 0 spiro atoms. The maximum atomic E-state index is 4.53. The van der Waals surface area contributed by atoms with Gasteiger partial charge in [0, 0.05) is 24.2 Å². The number of rotatable bonds is 3. The number of aromatic nitrogens is 4. The van der Waals surface area contributed by atoms with E-state index in [-0.39, 0.29) is 0 Å². The molecular formula is C17H14N4S2. The van der Waals surface area contributed by atoms with Crippen LogP contribution in [-0.2, 0) is 7.05 Å². The van der Waals surface area contributed by atoms with Gasteiger partial charge in [0.15, 0.2) is 0 Å². The van der Waals surface area contributed by atoms with Crippen LogP contribution < -0.4 is 0 Å². The minimum Gasteiger partial charge on any atom is -0.275 e. The number of hydrogen-bond donors (Lipinski definition) is 0. The second kappa shape index (κ2) is 5.79. The molecule has 4 aromatic rings. The van der Waals surface area contributed by atoms with Crippen molar-refractivity contribution in [2.45, 2.75) is 4.21 Å². The molecule has 114 valence electrons. The maximum Gasteiger partial charge on any atom is 0.116 e. The lowest BCUT2D eigenvalue weighted by atomic mass is 10.0. The minimum absolute atomic E-state index is 0.960. The summed E-state index contributed by atoms with van der Waals surface area (Å²) in [7, 11) is 1.93. The van der Waals surface area contributed by atoms with Gasteiger partial charge in [-0.05, 0) is 36.1 Å². The third-order valence-electron chi connectivity index (χ3n) is 3.69. The standard InChI is InChI=1S/C17H14N4S2/c1-21-9-12(8-20-21)11-3-4-14-13(7-11)17(19-10-18-14)15-5-6-16(22-2)23-15/h3-10H,1-2H3. The molecule has 0 aliphatic rings. The second-order valence-corrected chi connectivity index (χ2v) is 7.37. The van der Waals surface area contributed by atoms with E-state index in [4.69, 9.17) is 0 Å². The summed E-state index contributed by atoms with van der Waals surface area (Å²) in [5, 5.41) is 5.33. The first-order valence-electron chi connectivity index (χ1n) is 7.12. The largest absolute Gasteiger partial charge is 0.275 e. The highest BCUT2D eigenvalue weighted by molar-refractivity contribution is 8.00. The van der Waals surface area contributed by atoms with Gasteiger partial charge in [-0.3, -0.25) is 4.68 Å². The Hall–Kier alpha value is -2.18. The molecule has 0 unspecified atom stereocenters. The highest BCUT2D eigenvalue weighted by atomic mass is 32.2. The molecule has 6 heteroatoms. The summed E-state index contributed by atoms with van der Waals surface area (Å²) in [5.74, 6) is 0. The van der Waals surface area contributed by atoms with Crippen molar-refractivity contribution in [3.8, 4) is 21.7 Å². The molecule has 0 saturated heterocycles. The molecule has 0 N–H and O–H groups in total. The lowest BCUT2D eigenvalue weighted by Crippen LogP contribution is -1.88. The van der Waals surface area contributed by atoms with Crippen LogP contribution in [0.25, 0.3) is 32.6 Å². The molecule has 3 aromatic heterocycles. The normalized spacial score (nSPS) is 11.2. The quantitative estimate of drug-likeness (QED) is 0.517. The van der Waals surface area contributed by atoms with Gasteiger partial charge in [-0.25, -0.2) is 9.97 Å². The first kappa shape index (κ1) is 14.4. The predicted octanol–water partition coefficient (Wildman–Crippen LogP) is 4.48. The zero-order valence-corrected chi connectivity index (χ0v) is 14.4. The van der Waals surface area contributed by atoms with Gasteiger partial charge < -0.3 is 0 Å². The molecule has 0 fully saturated rings. The van der Waals surface area contributed by atoms with Gasteiger partial charge in [0.1, 0.15) is 6.33 Å². The van der Waals surface area contributed by atoms with E-state index in [1.54, 1.807) is 29.4 Å². The molecular weight excluding hydrogens is 324 g/mol. The van der Waals surface area contributed by atoms with Crippen molar-refractivity contribution in [2.24, 2.45) is 7.05 Å². The van der Waals surface area contributed by atoms with E-state index >= 15 is 0 Å². The van der Waals surface area contributed by atoms with Crippen molar-refractivity contribution in [1.82, 2.24) is 19.7 Å². The second-order valence-electron chi connectivity index (χ2n) is 5.18. The van der Waals surface area contributed by atoms with Gasteiger partial charge >= 0.3 is 0 Å². The number of thiophene rings is 1. The molecule has 0 radical (unpaired) electrons. The molecule has 4 nitrogen and oxygen atoms in total. The van der Waals surface area contributed by atoms with Gasteiger partial charge in [0.05, 0.1) is 26.5 Å². The number of nitrogens with zero attached hydrogens (tertiary/aromatic N) is 4. The monoisotopic (exact) mass is 338 g/mol. The Kier molecular flexibility index (Phi) is 3.63. The van der Waals surface area contributed by atoms with Gasteiger partial charge in [-0.15, -0.1) is 23.1 Å². The molecule has 23 heavy (non-hydrogen) atoms. The molecule has 0 atom stereocenters. The van der Waals surface area contributed by atoms with Crippen molar-refractivity contribution in [2.75, 3.05) is 6.26 Å². The molecule has 0 amide bonds. The third-order valence-corrected chi connectivity index (χ3v) is 5.86. The lowest BCUT2D eigenvalue weighted by Gasteiger charge is -2.05. The van der Waals surface area contributed by atoms with Crippen molar-refractivity contribution < 1.29 is 0 Å². The Morgan fingerprint density at radius 3 is 2.74 bits per heavy atom. The third kappa shape index (κ3) is 2.64. The highest BCUT2D eigenvalue weighted by Crippen LogP contribution is 2.36. The van der Waals surface area contributed by atoms with E-state index in [1.165, 1.54) is 9.09 Å². The van der Waals surface area contributed by atoms with Crippen LogP contribution in [0.1, 0.15) is 0 Å². The van der Waals surface area contributed by atoms with Crippen LogP contribution in [0.4, 0.5) is 0 Å². The smallest absolute Gasteiger partial charge is 0.116 e.